The molecule has 0 aromatic carbocycles. The number of allylic oxidation sites excluding steroid dienone is 3. The third-order valence-corrected chi connectivity index (χ3v) is 4.75. The van der Waals surface area contributed by atoms with E-state index in [0.717, 1.165) is 49.5 Å². The Hall–Kier alpha value is -1.49. The molecule has 0 bridgehead atoms. The summed E-state index contributed by atoms with van der Waals surface area (Å²) >= 11 is 6.06. The minimum absolute atomic E-state index is 0.121. The molecule has 0 amide bonds. The number of hydrogen-bond acceptors (Lipinski definition) is 2. The molecule has 0 aromatic rings. The molecule has 4 N–H and O–H groups in total. The van der Waals surface area contributed by atoms with Crippen molar-refractivity contribution in [2.45, 2.75) is 78.1 Å². The SMILES string of the molecule is CCCCCCN(CCCCCC)C(=N)NC(=N)NC1=CCCC(Cl)=C1. The molecule has 0 heterocycles. The maximum atomic E-state index is 8.37. The highest BCUT2D eigenvalue weighted by Gasteiger charge is 2.12. The molecule has 1 aliphatic carbocycles. The van der Waals surface area contributed by atoms with Crippen LogP contribution in [0.2, 0.25) is 0 Å². The van der Waals surface area contributed by atoms with Gasteiger partial charge in [-0.2, -0.15) is 0 Å². The first-order valence-electron chi connectivity index (χ1n) is 10.1. The highest BCUT2D eigenvalue weighted by atomic mass is 35.5. The highest BCUT2D eigenvalue weighted by molar-refractivity contribution is 6.29. The van der Waals surface area contributed by atoms with E-state index in [1.807, 2.05) is 12.2 Å². The van der Waals surface area contributed by atoms with Crippen molar-refractivity contribution in [3.63, 3.8) is 0 Å². The Balaban J connectivity index is 2.47. The molecule has 0 aliphatic heterocycles. The van der Waals surface area contributed by atoms with Crippen LogP contribution in [-0.4, -0.2) is 29.9 Å². The standard InChI is InChI=1S/C20H36ClN5/c1-3-5-7-9-14-26(15-10-8-6-4-2)20(23)25-19(22)24-18-13-11-12-17(21)16-18/h13,16H,3-12,14-15H2,1-2H3,(H4,22,23,24,25). The molecule has 0 saturated heterocycles. The van der Waals surface area contributed by atoms with Gasteiger partial charge in [-0.3, -0.25) is 16.1 Å². The van der Waals surface area contributed by atoms with Crippen molar-refractivity contribution in [2.24, 2.45) is 0 Å². The van der Waals surface area contributed by atoms with Gasteiger partial charge in [0.25, 0.3) is 0 Å². The number of nitrogens with zero attached hydrogens (tertiary/aromatic N) is 1. The van der Waals surface area contributed by atoms with Crippen molar-refractivity contribution >= 4 is 23.5 Å². The van der Waals surface area contributed by atoms with Crippen molar-refractivity contribution in [2.75, 3.05) is 13.1 Å². The molecule has 0 spiro atoms. The van der Waals surface area contributed by atoms with Crippen molar-refractivity contribution in [1.82, 2.24) is 15.5 Å². The quantitative estimate of drug-likeness (QED) is 0.223. The summed E-state index contributed by atoms with van der Waals surface area (Å²) < 4.78 is 0. The summed E-state index contributed by atoms with van der Waals surface area (Å²) in [6.07, 6.45) is 15.1. The first-order valence-corrected chi connectivity index (χ1v) is 10.5. The molecule has 1 aliphatic rings. The molecule has 0 radical (unpaired) electrons. The maximum absolute atomic E-state index is 8.37. The van der Waals surface area contributed by atoms with E-state index in [1.165, 1.54) is 38.5 Å². The van der Waals surface area contributed by atoms with Crippen LogP contribution in [0, 0.1) is 10.8 Å². The summed E-state index contributed by atoms with van der Waals surface area (Å²) in [5.41, 5.74) is 0.823. The Morgan fingerprint density at radius 1 is 1.04 bits per heavy atom. The van der Waals surface area contributed by atoms with Gasteiger partial charge in [0.2, 0.25) is 0 Å². The van der Waals surface area contributed by atoms with Crippen LogP contribution >= 0.6 is 11.6 Å². The topological polar surface area (TPSA) is 75.0 Å². The van der Waals surface area contributed by atoms with Crippen LogP contribution in [0.5, 0.6) is 0 Å². The number of halogens is 1. The largest absolute Gasteiger partial charge is 0.343 e. The predicted octanol–water partition coefficient (Wildman–Crippen LogP) is 5.30. The fraction of sp³-hybridized carbons (Fsp3) is 0.700. The predicted molar refractivity (Wildman–Crippen MR) is 113 cm³/mol. The minimum atomic E-state index is 0.121. The van der Waals surface area contributed by atoms with Crippen LogP contribution in [-0.2, 0) is 0 Å². The number of hydrogen-bond donors (Lipinski definition) is 4. The third-order valence-electron chi connectivity index (χ3n) is 4.45. The molecule has 0 aromatic heterocycles. The highest BCUT2D eigenvalue weighted by Crippen LogP contribution is 2.18. The lowest BCUT2D eigenvalue weighted by Crippen LogP contribution is -2.48. The van der Waals surface area contributed by atoms with Crippen molar-refractivity contribution < 1.29 is 0 Å². The molecule has 0 fully saturated rings. The molecule has 0 saturated carbocycles. The van der Waals surface area contributed by atoms with E-state index in [0.29, 0.717) is 5.96 Å². The van der Waals surface area contributed by atoms with Gasteiger partial charge < -0.3 is 10.2 Å². The van der Waals surface area contributed by atoms with Gasteiger partial charge in [-0.15, -0.1) is 0 Å². The van der Waals surface area contributed by atoms with Crippen LogP contribution in [0.1, 0.15) is 78.1 Å². The van der Waals surface area contributed by atoms with Gasteiger partial charge >= 0.3 is 0 Å². The zero-order valence-electron chi connectivity index (χ0n) is 16.5. The van der Waals surface area contributed by atoms with Crippen molar-refractivity contribution in [3.8, 4) is 0 Å². The summed E-state index contributed by atoms with van der Waals surface area (Å²) in [5, 5.41) is 23.1. The van der Waals surface area contributed by atoms with E-state index in [9.17, 15) is 0 Å². The summed E-state index contributed by atoms with van der Waals surface area (Å²) in [6, 6.07) is 0. The zero-order chi connectivity index (χ0) is 19.2. The van der Waals surface area contributed by atoms with Crippen molar-refractivity contribution in [1.29, 1.82) is 10.8 Å². The zero-order valence-corrected chi connectivity index (χ0v) is 17.2. The molecule has 1 rings (SSSR count). The van der Waals surface area contributed by atoms with Crippen LogP contribution in [0.3, 0.4) is 0 Å². The number of guanidine groups is 2. The summed E-state index contributed by atoms with van der Waals surface area (Å²) in [4.78, 5) is 2.07. The van der Waals surface area contributed by atoms with Gasteiger partial charge in [0.05, 0.1) is 0 Å². The summed E-state index contributed by atoms with van der Waals surface area (Å²) in [5.74, 6) is 0.429. The van der Waals surface area contributed by atoms with Gasteiger partial charge in [0, 0.05) is 23.8 Å². The van der Waals surface area contributed by atoms with E-state index in [4.69, 9.17) is 22.4 Å². The molecular formula is C20H36ClN5. The molecule has 0 unspecified atom stereocenters. The molecule has 148 valence electrons. The normalized spacial score (nSPS) is 13.7. The first kappa shape index (κ1) is 22.6. The molecular weight excluding hydrogens is 346 g/mol. The van der Waals surface area contributed by atoms with E-state index in [-0.39, 0.29) is 5.96 Å². The second-order valence-corrected chi connectivity index (χ2v) is 7.36. The van der Waals surface area contributed by atoms with Crippen molar-refractivity contribution in [3.05, 3.63) is 22.9 Å². The van der Waals surface area contributed by atoms with E-state index in [2.05, 4.69) is 29.4 Å². The molecule has 26 heavy (non-hydrogen) atoms. The van der Waals surface area contributed by atoms with E-state index in [1.54, 1.807) is 0 Å². The average molecular weight is 382 g/mol. The minimum Gasteiger partial charge on any atom is -0.343 e. The van der Waals surface area contributed by atoms with Crippen LogP contribution in [0.25, 0.3) is 0 Å². The Labute approximate surface area is 164 Å². The molecule has 6 heteroatoms. The first-order chi connectivity index (χ1) is 12.6. The van der Waals surface area contributed by atoms with Gasteiger partial charge in [-0.05, 0) is 31.8 Å². The van der Waals surface area contributed by atoms with Gasteiger partial charge in [-0.1, -0.05) is 70.0 Å². The summed E-state index contributed by atoms with van der Waals surface area (Å²) in [7, 11) is 0. The van der Waals surface area contributed by atoms with E-state index < -0.39 is 0 Å². The number of nitrogens with one attached hydrogen (secondary N) is 4. The fourth-order valence-electron chi connectivity index (χ4n) is 2.92. The van der Waals surface area contributed by atoms with E-state index >= 15 is 0 Å². The van der Waals surface area contributed by atoms with Crippen LogP contribution < -0.4 is 10.6 Å². The lowest BCUT2D eigenvalue weighted by atomic mass is 10.1. The fourth-order valence-corrected chi connectivity index (χ4v) is 3.15. The Morgan fingerprint density at radius 2 is 1.65 bits per heavy atom. The monoisotopic (exact) mass is 381 g/mol. The Kier molecular flexibility index (Phi) is 11.9. The Morgan fingerprint density at radius 3 is 2.19 bits per heavy atom. The maximum Gasteiger partial charge on any atom is 0.199 e. The van der Waals surface area contributed by atoms with Crippen LogP contribution in [0.4, 0.5) is 0 Å². The number of unbranched alkanes of at least 4 members (excludes halogenated alkanes) is 6. The molecule has 5 nitrogen and oxygen atoms in total. The van der Waals surface area contributed by atoms with Crippen LogP contribution in [0.15, 0.2) is 22.9 Å². The number of rotatable bonds is 11. The lowest BCUT2D eigenvalue weighted by molar-refractivity contribution is 0.377. The van der Waals surface area contributed by atoms with Gasteiger partial charge in [-0.25, -0.2) is 0 Å². The second-order valence-electron chi connectivity index (χ2n) is 6.87. The second kappa shape index (κ2) is 13.7. The molecule has 0 atom stereocenters. The van der Waals surface area contributed by atoms with Gasteiger partial charge in [0.15, 0.2) is 11.9 Å². The lowest BCUT2D eigenvalue weighted by Gasteiger charge is -2.26. The smallest absolute Gasteiger partial charge is 0.199 e. The summed E-state index contributed by atoms with van der Waals surface area (Å²) in [6.45, 7) is 6.17. The Bertz CT molecular complexity index is 486. The third kappa shape index (κ3) is 9.85. The average Bonchev–Trinajstić information content (AvgIpc) is 2.60. The van der Waals surface area contributed by atoms with Gasteiger partial charge in [0.1, 0.15) is 0 Å².